The second kappa shape index (κ2) is 7.69. The zero-order valence-corrected chi connectivity index (χ0v) is 16.8. The van der Waals surface area contributed by atoms with Crippen LogP contribution in [-0.2, 0) is 11.3 Å². The summed E-state index contributed by atoms with van der Waals surface area (Å²) in [6.45, 7) is 6.53. The summed E-state index contributed by atoms with van der Waals surface area (Å²) in [5, 5.41) is 16.8. The third-order valence-corrected chi connectivity index (χ3v) is 4.51. The van der Waals surface area contributed by atoms with Gasteiger partial charge in [0, 0.05) is 6.07 Å². The van der Waals surface area contributed by atoms with E-state index in [2.05, 4.69) is 10.4 Å². The Bertz CT molecular complexity index is 1160. The van der Waals surface area contributed by atoms with Crippen molar-refractivity contribution in [2.24, 2.45) is 0 Å². The van der Waals surface area contributed by atoms with Gasteiger partial charge in [-0.3, -0.25) is 0 Å². The molecule has 0 saturated carbocycles. The van der Waals surface area contributed by atoms with Gasteiger partial charge in [-0.25, -0.2) is 18.4 Å². The molecule has 8 nitrogen and oxygen atoms in total. The molecular weight excluding hydrogens is 398 g/mol. The number of benzene rings is 2. The molecule has 1 heterocycles. The number of halogens is 2. The summed E-state index contributed by atoms with van der Waals surface area (Å²) >= 11 is 0. The van der Waals surface area contributed by atoms with Crippen molar-refractivity contribution in [1.29, 1.82) is 0 Å². The van der Waals surface area contributed by atoms with Gasteiger partial charge in [-0.1, -0.05) is 12.1 Å². The number of aliphatic carboxylic acids is 1. The van der Waals surface area contributed by atoms with Crippen LogP contribution in [0, 0.1) is 25.5 Å². The van der Waals surface area contributed by atoms with Gasteiger partial charge in [-0.05, 0) is 66.9 Å². The first-order valence-corrected chi connectivity index (χ1v) is 9.00. The fraction of sp³-hybridized carbons (Fsp3) is 0.300. The number of ether oxygens (including phenoxy) is 1. The number of nitrogens with zero attached hydrogens (tertiary/aromatic N) is 4. The molecule has 1 N–H and O–H groups in total. The zero-order valence-electron chi connectivity index (χ0n) is 16.8. The number of aryl methyl sites for hydroxylation is 2. The van der Waals surface area contributed by atoms with Crippen molar-refractivity contribution in [1.82, 2.24) is 19.8 Å². The van der Waals surface area contributed by atoms with Gasteiger partial charge in [0.2, 0.25) is 0 Å². The van der Waals surface area contributed by atoms with E-state index in [9.17, 15) is 23.5 Å². The Morgan fingerprint density at radius 1 is 1.10 bits per heavy atom. The molecule has 1 aromatic heterocycles. The van der Waals surface area contributed by atoms with Crippen molar-refractivity contribution in [3.8, 4) is 11.4 Å². The van der Waals surface area contributed by atoms with Gasteiger partial charge in [0.1, 0.15) is 5.75 Å². The van der Waals surface area contributed by atoms with Crippen LogP contribution in [0.1, 0.15) is 30.5 Å². The first-order valence-electron chi connectivity index (χ1n) is 9.00. The molecule has 0 spiro atoms. The number of aromatic nitrogens is 4. The van der Waals surface area contributed by atoms with Crippen molar-refractivity contribution in [3.05, 3.63) is 69.1 Å². The molecule has 0 amide bonds. The normalized spacial score (nSPS) is 11.5. The van der Waals surface area contributed by atoms with Crippen LogP contribution in [0.4, 0.5) is 8.78 Å². The quantitative estimate of drug-likeness (QED) is 0.661. The number of carbonyl (C=O) groups is 1. The zero-order chi connectivity index (χ0) is 22.2. The van der Waals surface area contributed by atoms with Crippen LogP contribution in [0.3, 0.4) is 0 Å². The number of hydrogen-bond donors (Lipinski definition) is 1. The van der Waals surface area contributed by atoms with Gasteiger partial charge in [0.05, 0.1) is 12.2 Å². The van der Waals surface area contributed by atoms with Crippen LogP contribution < -0.4 is 10.4 Å². The maximum atomic E-state index is 13.5. The van der Waals surface area contributed by atoms with E-state index >= 15 is 0 Å². The summed E-state index contributed by atoms with van der Waals surface area (Å²) in [5.41, 5.74) is 0.132. The average Bonchev–Trinajstić information content (AvgIpc) is 3.01. The van der Waals surface area contributed by atoms with Gasteiger partial charge in [-0.15, -0.1) is 0 Å². The van der Waals surface area contributed by atoms with Crippen LogP contribution >= 0.6 is 0 Å². The van der Waals surface area contributed by atoms with Crippen LogP contribution in [0.5, 0.6) is 5.75 Å². The molecule has 3 aromatic rings. The molecule has 0 atom stereocenters. The molecule has 2 aromatic carbocycles. The van der Waals surface area contributed by atoms with Crippen molar-refractivity contribution in [2.75, 3.05) is 0 Å². The maximum absolute atomic E-state index is 13.5. The first kappa shape index (κ1) is 21.2. The molecule has 30 heavy (non-hydrogen) atoms. The van der Waals surface area contributed by atoms with Crippen molar-refractivity contribution >= 4 is 5.97 Å². The summed E-state index contributed by atoms with van der Waals surface area (Å²) in [6.07, 6.45) is 0. The fourth-order valence-electron chi connectivity index (χ4n) is 2.92. The predicted octanol–water partition coefficient (Wildman–Crippen LogP) is 2.61. The number of carboxylic acid groups (broad SMARTS) is 1. The van der Waals surface area contributed by atoms with E-state index in [0.717, 1.165) is 21.5 Å². The Morgan fingerprint density at radius 3 is 2.30 bits per heavy atom. The lowest BCUT2D eigenvalue weighted by molar-refractivity contribution is -0.152. The van der Waals surface area contributed by atoms with Gasteiger partial charge < -0.3 is 9.84 Å². The molecule has 0 unspecified atom stereocenters. The summed E-state index contributed by atoms with van der Waals surface area (Å²) in [5.74, 6) is -2.77. The highest BCUT2D eigenvalue weighted by atomic mass is 19.2. The lowest BCUT2D eigenvalue weighted by atomic mass is 10.0. The minimum absolute atomic E-state index is 0.0529. The maximum Gasteiger partial charge on any atom is 0.368 e. The molecule has 0 aliphatic rings. The SMILES string of the molecule is Cc1cc(Cn2nnn(-c3ccc(F)c(F)c3)c2=O)cc(C)c1OC(C)(C)C(=O)O. The average molecular weight is 418 g/mol. The molecule has 0 aliphatic carbocycles. The Morgan fingerprint density at radius 2 is 1.73 bits per heavy atom. The van der Waals surface area contributed by atoms with Gasteiger partial charge in [0.15, 0.2) is 17.2 Å². The summed E-state index contributed by atoms with van der Waals surface area (Å²) in [4.78, 5) is 23.9. The molecule has 0 saturated heterocycles. The standard InChI is InChI=1S/C20H20F2N4O4/c1-11-7-13(8-12(2)17(11)30-20(3,4)18(27)28)10-25-19(29)26(24-23-25)14-5-6-15(21)16(22)9-14/h5-9H,10H2,1-4H3,(H,27,28). The van der Waals surface area contributed by atoms with Crippen LogP contribution in [0.2, 0.25) is 0 Å². The molecule has 0 aliphatic heterocycles. The highest BCUT2D eigenvalue weighted by molar-refractivity contribution is 5.77. The van der Waals surface area contributed by atoms with E-state index < -0.39 is 28.9 Å². The highest BCUT2D eigenvalue weighted by Gasteiger charge is 2.30. The molecular formula is C20H20F2N4O4. The van der Waals surface area contributed by atoms with E-state index in [1.54, 1.807) is 26.0 Å². The summed E-state index contributed by atoms with van der Waals surface area (Å²) in [6, 6.07) is 6.50. The van der Waals surface area contributed by atoms with Crippen LogP contribution in [-0.4, -0.2) is 36.5 Å². The lowest BCUT2D eigenvalue weighted by Crippen LogP contribution is -2.38. The second-order valence-electron chi connectivity index (χ2n) is 7.41. The lowest BCUT2D eigenvalue weighted by Gasteiger charge is -2.24. The van der Waals surface area contributed by atoms with Crippen molar-refractivity contribution < 1.29 is 23.4 Å². The topological polar surface area (TPSA) is 99.2 Å². The minimum Gasteiger partial charge on any atom is -0.478 e. The van der Waals surface area contributed by atoms with Gasteiger partial charge >= 0.3 is 11.7 Å². The Balaban J connectivity index is 1.89. The van der Waals surface area contributed by atoms with Crippen LogP contribution in [0.25, 0.3) is 5.69 Å². The number of rotatable bonds is 6. The van der Waals surface area contributed by atoms with E-state index in [4.69, 9.17) is 4.74 Å². The number of carboxylic acids is 1. The third-order valence-electron chi connectivity index (χ3n) is 4.51. The largest absolute Gasteiger partial charge is 0.478 e. The Kier molecular flexibility index (Phi) is 5.43. The highest BCUT2D eigenvalue weighted by Crippen LogP contribution is 2.29. The van der Waals surface area contributed by atoms with Gasteiger partial charge in [-0.2, -0.15) is 9.36 Å². The van der Waals surface area contributed by atoms with Gasteiger partial charge in [0.25, 0.3) is 0 Å². The Hall–Kier alpha value is -3.56. The Labute approximate surface area is 170 Å². The summed E-state index contributed by atoms with van der Waals surface area (Å²) < 4.78 is 34.2. The van der Waals surface area contributed by atoms with Crippen molar-refractivity contribution in [3.63, 3.8) is 0 Å². The smallest absolute Gasteiger partial charge is 0.368 e. The fourth-order valence-corrected chi connectivity index (χ4v) is 2.92. The van der Waals surface area contributed by atoms with Crippen LogP contribution in [0.15, 0.2) is 35.1 Å². The molecule has 3 rings (SSSR count). The molecule has 0 fully saturated rings. The number of tetrazole rings is 1. The first-order chi connectivity index (χ1) is 14.0. The van der Waals surface area contributed by atoms with E-state index in [1.165, 1.54) is 19.9 Å². The summed E-state index contributed by atoms with van der Waals surface area (Å²) in [7, 11) is 0. The minimum atomic E-state index is -1.40. The molecule has 0 bridgehead atoms. The second-order valence-corrected chi connectivity index (χ2v) is 7.41. The molecule has 0 radical (unpaired) electrons. The number of hydrogen-bond acceptors (Lipinski definition) is 5. The van der Waals surface area contributed by atoms with E-state index in [0.29, 0.717) is 22.4 Å². The molecule has 10 heteroatoms. The monoisotopic (exact) mass is 418 g/mol. The van der Waals surface area contributed by atoms with Crippen molar-refractivity contribution in [2.45, 2.75) is 39.8 Å². The van der Waals surface area contributed by atoms with E-state index in [-0.39, 0.29) is 12.2 Å². The van der Waals surface area contributed by atoms with E-state index in [1.807, 2.05) is 0 Å². The molecule has 158 valence electrons. The third kappa shape index (κ3) is 4.07. The predicted molar refractivity (Wildman–Crippen MR) is 103 cm³/mol.